The van der Waals surface area contributed by atoms with Crippen molar-refractivity contribution in [1.29, 1.82) is 0 Å². The van der Waals surface area contributed by atoms with E-state index < -0.39 is 0 Å². The van der Waals surface area contributed by atoms with Gasteiger partial charge >= 0.3 is 0 Å². The van der Waals surface area contributed by atoms with Crippen molar-refractivity contribution < 1.29 is 4.79 Å². The number of H-pyrrole nitrogens is 1. The maximum Gasteiger partial charge on any atom is 0.224 e. The zero-order valence-corrected chi connectivity index (χ0v) is 9.85. The summed E-state index contributed by atoms with van der Waals surface area (Å²) in [6.07, 6.45) is 0.436. The van der Waals surface area contributed by atoms with Crippen molar-refractivity contribution in [2.24, 2.45) is 0 Å². The maximum atomic E-state index is 11.4. The fourth-order valence-corrected chi connectivity index (χ4v) is 1.97. The smallest absolute Gasteiger partial charge is 0.224 e. The van der Waals surface area contributed by atoms with E-state index in [0.717, 1.165) is 22.2 Å². The first kappa shape index (κ1) is 10.7. The standard InChI is InChI=1S/C13H16N2O/c1-8-4-5-12-11(6-8)10(9(2)15-12)7-13(16)14-3/h4-6,15H,7H2,1-3H3,(H,14,16). The number of amides is 1. The molecule has 0 radical (unpaired) electrons. The predicted octanol–water partition coefficient (Wildman–Crippen LogP) is 2.07. The average molecular weight is 216 g/mol. The number of fused-ring (bicyclic) bond motifs is 1. The Bertz CT molecular complexity index is 540. The van der Waals surface area contributed by atoms with Crippen LogP contribution in [0.15, 0.2) is 18.2 Å². The Balaban J connectivity index is 2.54. The molecule has 3 heteroatoms. The largest absolute Gasteiger partial charge is 0.359 e. The van der Waals surface area contributed by atoms with Crippen molar-refractivity contribution in [1.82, 2.24) is 10.3 Å². The lowest BCUT2D eigenvalue weighted by atomic mass is 10.1. The fourth-order valence-electron chi connectivity index (χ4n) is 1.97. The Labute approximate surface area is 94.9 Å². The van der Waals surface area contributed by atoms with E-state index in [4.69, 9.17) is 0 Å². The van der Waals surface area contributed by atoms with Crippen LogP contribution >= 0.6 is 0 Å². The number of carbonyl (C=O) groups is 1. The van der Waals surface area contributed by atoms with Crippen molar-refractivity contribution in [2.45, 2.75) is 20.3 Å². The molecule has 0 saturated heterocycles. The van der Waals surface area contributed by atoms with E-state index in [-0.39, 0.29) is 5.91 Å². The normalized spacial score (nSPS) is 10.7. The summed E-state index contributed by atoms with van der Waals surface area (Å²) in [7, 11) is 1.66. The first-order valence-corrected chi connectivity index (χ1v) is 5.40. The first-order valence-electron chi connectivity index (χ1n) is 5.40. The summed E-state index contributed by atoms with van der Waals surface area (Å²) in [4.78, 5) is 14.7. The highest BCUT2D eigenvalue weighted by atomic mass is 16.1. The van der Waals surface area contributed by atoms with Gasteiger partial charge < -0.3 is 10.3 Å². The summed E-state index contributed by atoms with van der Waals surface area (Å²) in [6.45, 7) is 4.07. The van der Waals surface area contributed by atoms with Crippen LogP contribution in [0, 0.1) is 13.8 Å². The van der Waals surface area contributed by atoms with Gasteiger partial charge in [-0.3, -0.25) is 4.79 Å². The molecule has 1 aromatic carbocycles. The predicted molar refractivity (Wildman–Crippen MR) is 65.5 cm³/mol. The SMILES string of the molecule is CNC(=O)Cc1c(C)[nH]c2ccc(C)cc12. The lowest BCUT2D eigenvalue weighted by Crippen LogP contribution is -2.20. The minimum Gasteiger partial charge on any atom is -0.359 e. The minimum atomic E-state index is 0.0468. The van der Waals surface area contributed by atoms with Gasteiger partial charge in [0.05, 0.1) is 6.42 Å². The third kappa shape index (κ3) is 1.81. The van der Waals surface area contributed by atoms with Crippen LogP contribution in [0.4, 0.5) is 0 Å². The number of nitrogens with one attached hydrogen (secondary N) is 2. The van der Waals surface area contributed by atoms with Gasteiger partial charge in [-0.1, -0.05) is 11.6 Å². The van der Waals surface area contributed by atoms with E-state index in [1.807, 2.05) is 6.92 Å². The third-order valence-electron chi connectivity index (χ3n) is 2.89. The lowest BCUT2D eigenvalue weighted by molar-refractivity contribution is -0.119. The summed E-state index contributed by atoms with van der Waals surface area (Å²) in [5, 5.41) is 3.81. The van der Waals surface area contributed by atoms with Crippen LogP contribution in [0.2, 0.25) is 0 Å². The topological polar surface area (TPSA) is 44.9 Å². The van der Waals surface area contributed by atoms with Crippen LogP contribution in [-0.4, -0.2) is 17.9 Å². The molecule has 0 aliphatic heterocycles. The number of aromatic amines is 1. The molecule has 1 aromatic heterocycles. The van der Waals surface area contributed by atoms with Gasteiger partial charge in [0.2, 0.25) is 5.91 Å². The van der Waals surface area contributed by atoms with Gasteiger partial charge in [-0.25, -0.2) is 0 Å². The Morgan fingerprint density at radius 2 is 2.12 bits per heavy atom. The zero-order chi connectivity index (χ0) is 11.7. The summed E-state index contributed by atoms with van der Waals surface area (Å²) < 4.78 is 0. The average Bonchev–Trinajstić information content (AvgIpc) is 2.55. The van der Waals surface area contributed by atoms with Crippen LogP contribution in [0.25, 0.3) is 10.9 Å². The van der Waals surface area contributed by atoms with Gasteiger partial charge in [0, 0.05) is 23.6 Å². The molecule has 1 amide bonds. The van der Waals surface area contributed by atoms with Gasteiger partial charge in [-0.15, -0.1) is 0 Å². The van der Waals surface area contributed by atoms with Crippen molar-refractivity contribution >= 4 is 16.8 Å². The molecule has 0 aliphatic rings. The molecule has 0 fully saturated rings. The number of aromatic nitrogens is 1. The number of hydrogen-bond acceptors (Lipinski definition) is 1. The highest BCUT2D eigenvalue weighted by molar-refractivity contribution is 5.90. The van der Waals surface area contributed by atoms with Crippen molar-refractivity contribution in [3.63, 3.8) is 0 Å². The van der Waals surface area contributed by atoms with Crippen LogP contribution in [0.1, 0.15) is 16.8 Å². The van der Waals surface area contributed by atoms with Gasteiger partial charge in [0.1, 0.15) is 0 Å². The fraction of sp³-hybridized carbons (Fsp3) is 0.308. The maximum absolute atomic E-state index is 11.4. The second-order valence-corrected chi connectivity index (χ2v) is 4.13. The van der Waals surface area contributed by atoms with E-state index >= 15 is 0 Å². The number of hydrogen-bond donors (Lipinski definition) is 2. The van der Waals surface area contributed by atoms with E-state index in [0.29, 0.717) is 6.42 Å². The first-order chi connectivity index (χ1) is 7.61. The molecule has 2 N–H and O–H groups in total. The molecule has 3 nitrogen and oxygen atoms in total. The van der Waals surface area contributed by atoms with E-state index in [2.05, 4.69) is 35.4 Å². The molecule has 2 aromatic rings. The van der Waals surface area contributed by atoms with Crippen molar-refractivity contribution in [3.05, 3.63) is 35.0 Å². The van der Waals surface area contributed by atoms with E-state index in [9.17, 15) is 4.79 Å². The summed E-state index contributed by atoms with van der Waals surface area (Å²) in [5.41, 5.74) is 4.48. The van der Waals surface area contributed by atoms with Crippen LogP contribution < -0.4 is 5.32 Å². The molecular formula is C13H16N2O. The molecular weight excluding hydrogens is 200 g/mol. The Hall–Kier alpha value is -1.77. The van der Waals surface area contributed by atoms with Crippen molar-refractivity contribution in [3.8, 4) is 0 Å². The molecule has 84 valence electrons. The lowest BCUT2D eigenvalue weighted by Gasteiger charge is -2.01. The molecule has 1 heterocycles. The Kier molecular flexibility index (Phi) is 2.69. The molecule has 16 heavy (non-hydrogen) atoms. The van der Waals surface area contributed by atoms with Gasteiger partial charge in [0.25, 0.3) is 0 Å². The van der Waals surface area contributed by atoms with Crippen LogP contribution in [-0.2, 0) is 11.2 Å². The highest BCUT2D eigenvalue weighted by Crippen LogP contribution is 2.23. The number of carbonyl (C=O) groups excluding carboxylic acids is 1. The third-order valence-corrected chi connectivity index (χ3v) is 2.89. The highest BCUT2D eigenvalue weighted by Gasteiger charge is 2.11. The number of benzene rings is 1. The van der Waals surface area contributed by atoms with E-state index in [1.165, 1.54) is 5.56 Å². The quantitative estimate of drug-likeness (QED) is 0.793. The molecule has 2 rings (SSSR count). The monoisotopic (exact) mass is 216 g/mol. The molecule has 0 atom stereocenters. The van der Waals surface area contributed by atoms with Crippen molar-refractivity contribution in [2.75, 3.05) is 7.05 Å². The Morgan fingerprint density at radius 1 is 1.38 bits per heavy atom. The second-order valence-electron chi connectivity index (χ2n) is 4.13. The molecule has 0 bridgehead atoms. The van der Waals surface area contributed by atoms with Crippen LogP contribution in [0.3, 0.4) is 0 Å². The number of likely N-dealkylation sites (N-methyl/N-ethyl adjacent to an activating group) is 1. The minimum absolute atomic E-state index is 0.0468. The zero-order valence-electron chi connectivity index (χ0n) is 9.85. The molecule has 0 aliphatic carbocycles. The van der Waals surface area contributed by atoms with Gasteiger partial charge in [-0.2, -0.15) is 0 Å². The number of rotatable bonds is 2. The van der Waals surface area contributed by atoms with E-state index in [1.54, 1.807) is 7.05 Å². The van der Waals surface area contributed by atoms with Crippen LogP contribution in [0.5, 0.6) is 0 Å². The van der Waals surface area contributed by atoms with Gasteiger partial charge in [-0.05, 0) is 31.5 Å². The Morgan fingerprint density at radius 3 is 2.81 bits per heavy atom. The summed E-state index contributed by atoms with van der Waals surface area (Å²) >= 11 is 0. The number of aryl methyl sites for hydroxylation is 2. The summed E-state index contributed by atoms with van der Waals surface area (Å²) in [6, 6.07) is 6.25. The molecule has 0 unspecified atom stereocenters. The molecule has 0 spiro atoms. The van der Waals surface area contributed by atoms with Gasteiger partial charge in [0.15, 0.2) is 0 Å². The molecule has 0 saturated carbocycles. The second kappa shape index (κ2) is 4.00. The summed E-state index contributed by atoms with van der Waals surface area (Å²) in [5.74, 6) is 0.0468.